The molecule has 204 valence electrons. The Labute approximate surface area is 208 Å². The smallest absolute Gasteiger partial charge is 1.00 e. The molecule has 0 radical (unpaired) electrons. The minimum atomic E-state index is -4.64. The van der Waals surface area contributed by atoms with Gasteiger partial charge in [0.25, 0.3) is 0 Å². The molecule has 0 amide bonds. The first-order valence-electron chi connectivity index (χ1n) is 4.70. The van der Waals surface area contributed by atoms with E-state index in [-0.39, 0.29) is 46.1 Å². The molecule has 0 heterocycles. The van der Waals surface area contributed by atoms with Gasteiger partial charge in [-0.1, -0.05) is 0 Å². The van der Waals surface area contributed by atoms with Crippen LogP contribution in [-0.4, -0.2) is 131 Å². The van der Waals surface area contributed by atoms with E-state index in [2.05, 4.69) is 0 Å². The van der Waals surface area contributed by atoms with Gasteiger partial charge in [-0.3, -0.25) is 0 Å². The quantitative estimate of drug-likeness (QED) is 0.0857. The van der Waals surface area contributed by atoms with Crippen molar-refractivity contribution in [1.29, 1.82) is 0 Å². The number of phosphoric acid groups is 6. The predicted molar refractivity (Wildman–Crippen MR) is 97.2 cm³/mol. The summed E-state index contributed by atoms with van der Waals surface area (Å²) in [4.78, 5) is 129. The third kappa shape index (κ3) is 8600. The second-order valence-electron chi connectivity index (χ2n) is 3.08. The van der Waals surface area contributed by atoms with Gasteiger partial charge in [-0.25, -0.2) is 27.4 Å². The topological polar surface area (TPSA) is 498 Å². The van der Waals surface area contributed by atoms with Gasteiger partial charge in [0.15, 0.2) is 0 Å². The molecule has 0 aromatic heterocycles. The Morgan fingerprint density at radius 2 is 0.281 bits per heavy atom. The summed E-state index contributed by atoms with van der Waals surface area (Å²) in [5, 5.41) is 0. The normalized spacial score (nSPS) is 11.1. The molecule has 0 spiro atoms. The molecule has 32 heteroatoms. The molecule has 0 bridgehead atoms. The summed E-state index contributed by atoms with van der Waals surface area (Å²) >= 11 is 0. The second kappa shape index (κ2) is 23.3. The van der Waals surface area contributed by atoms with Gasteiger partial charge in [0.05, 0.1) is 0 Å². The first kappa shape index (κ1) is 54.7. The summed E-state index contributed by atoms with van der Waals surface area (Å²) in [6.07, 6.45) is 0. The molecule has 20 N–H and O–H groups in total. The van der Waals surface area contributed by atoms with Crippen molar-refractivity contribution < 1.29 is 124 Å². The Balaban J connectivity index is -0.0000000248. The van der Waals surface area contributed by atoms with Gasteiger partial charge in [0.1, 0.15) is 0 Å². The van der Waals surface area contributed by atoms with Crippen LogP contribution in [0.1, 0.15) is 2.85 Å². The maximum Gasteiger partial charge on any atom is 2.00 e. The molecule has 0 saturated carbocycles. The summed E-state index contributed by atoms with van der Waals surface area (Å²) in [6.45, 7) is 0. The summed E-state index contributed by atoms with van der Waals surface area (Å²) in [5.74, 6) is 0. The van der Waals surface area contributed by atoms with E-state index in [1.54, 1.807) is 0 Å². The van der Waals surface area contributed by atoms with Crippen molar-refractivity contribution in [2.75, 3.05) is 0 Å². The minimum Gasteiger partial charge on any atom is -1.00 e. The van der Waals surface area contributed by atoms with Gasteiger partial charge in [0, 0.05) is 0 Å². The first-order valence-corrected chi connectivity index (χ1v) is 14.1. The Kier molecular flexibility index (Phi) is 39.8. The van der Waals surface area contributed by atoms with E-state index in [0.29, 0.717) is 0 Å². The predicted octanol–water partition coefficient (Wildman–Crippen LogP) is -6.55. The van der Waals surface area contributed by atoms with Crippen LogP contribution in [0.25, 0.3) is 0 Å². The minimum absolute atomic E-state index is 0. The Morgan fingerprint density at radius 3 is 0.281 bits per heavy atom. The van der Waals surface area contributed by atoms with E-state index in [1.807, 2.05) is 0 Å². The van der Waals surface area contributed by atoms with Crippen molar-refractivity contribution >= 4 is 84.7 Å². The molecule has 0 unspecified atom stereocenters. The first-order chi connectivity index (χ1) is 12.0. The van der Waals surface area contributed by atoms with Gasteiger partial charge in [-0.05, 0) is 0 Å². The summed E-state index contributed by atoms with van der Waals surface area (Å²) in [7, 11) is -27.8. The number of hydrogen-bond acceptors (Lipinski definition) is 6. The van der Waals surface area contributed by atoms with Crippen LogP contribution in [0.5, 0.6) is 0 Å². The molecular formula is H22CaO25P6. The van der Waals surface area contributed by atoms with E-state index < -0.39 is 46.9 Å². The molecule has 0 aromatic rings. The van der Waals surface area contributed by atoms with Crippen LogP contribution < -0.4 is 0 Å². The van der Waals surface area contributed by atoms with Gasteiger partial charge >= 0.3 is 84.7 Å². The Bertz CT molecular complexity index is 472. The van der Waals surface area contributed by atoms with Crippen LogP contribution in [0.4, 0.5) is 0 Å². The van der Waals surface area contributed by atoms with Crippen molar-refractivity contribution in [2.45, 2.75) is 0 Å². The van der Waals surface area contributed by atoms with Crippen molar-refractivity contribution in [3.8, 4) is 0 Å². The molecule has 0 rings (SSSR count). The summed E-state index contributed by atoms with van der Waals surface area (Å²) < 4.78 is 53.3. The summed E-state index contributed by atoms with van der Waals surface area (Å²) in [6, 6.07) is 0. The molecule has 0 aliphatic heterocycles. The molecule has 0 fully saturated rings. The van der Waals surface area contributed by atoms with Crippen molar-refractivity contribution in [3.63, 3.8) is 0 Å². The third-order valence-electron chi connectivity index (χ3n) is 0. The molecule has 32 heavy (non-hydrogen) atoms. The zero-order valence-corrected chi connectivity index (χ0v) is 22.0. The van der Waals surface area contributed by atoms with Crippen LogP contribution >= 0.6 is 46.9 Å². The fraction of sp³-hybridized carbons (Fsp3) is 0. The molecule has 0 aliphatic carbocycles. The Morgan fingerprint density at radius 1 is 0.281 bits per heavy atom. The molecular weight excluding hydrogens is 626 g/mol. The molecule has 0 saturated heterocycles. The van der Waals surface area contributed by atoms with Gasteiger partial charge in [0.2, 0.25) is 0 Å². The van der Waals surface area contributed by atoms with Gasteiger partial charge < -0.3 is 96.4 Å². The number of hydrogen-bond donors (Lipinski definition) is 18. The maximum absolute atomic E-state index is 8.88. The monoisotopic (exact) mass is 648 g/mol. The largest absolute Gasteiger partial charge is 2.00 e. The van der Waals surface area contributed by atoms with Crippen LogP contribution in [0, 0.1) is 0 Å². The summed E-state index contributed by atoms with van der Waals surface area (Å²) in [5.41, 5.74) is 0. The second-order valence-corrected chi connectivity index (χ2v) is 9.24. The van der Waals surface area contributed by atoms with Crippen LogP contribution in [0.15, 0.2) is 0 Å². The standard InChI is InChI=1S/Ca.6H3O4P.H2O.2H/c;6*1-5(2,3)4;;;/h;6*(H3,1,2,3,4);1H2;;/q+2;;;;;;;;2*-1. The molecule has 0 aromatic carbocycles. The van der Waals surface area contributed by atoms with Crippen molar-refractivity contribution in [2.24, 2.45) is 0 Å². The average Bonchev–Trinajstić information content (AvgIpc) is 1.94. The van der Waals surface area contributed by atoms with Gasteiger partial charge in [-0.15, -0.1) is 0 Å². The van der Waals surface area contributed by atoms with Crippen LogP contribution in [0.3, 0.4) is 0 Å². The van der Waals surface area contributed by atoms with E-state index in [1.165, 1.54) is 0 Å². The van der Waals surface area contributed by atoms with Gasteiger partial charge in [-0.2, -0.15) is 0 Å². The van der Waals surface area contributed by atoms with Crippen molar-refractivity contribution in [3.05, 3.63) is 0 Å². The fourth-order valence-electron chi connectivity index (χ4n) is 0. The molecule has 25 nitrogen and oxygen atoms in total. The molecule has 0 atom stereocenters. The maximum atomic E-state index is 8.88. The van der Waals surface area contributed by atoms with E-state index in [4.69, 9.17) is 115 Å². The third-order valence-corrected chi connectivity index (χ3v) is 0. The number of rotatable bonds is 0. The molecule has 0 aliphatic rings. The van der Waals surface area contributed by atoms with Crippen LogP contribution in [-0.2, 0) is 27.4 Å². The van der Waals surface area contributed by atoms with Crippen molar-refractivity contribution in [1.82, 2.24) is 0 Å². The van der Waals surface area contributed by atoms with E-state index in [9.17, 15) is 0 Å². The zero-order chi connectivity index (χ0) is 27.0. The van der Waals surface area contributed by atoms with E-state index >= 15 is 0 Å². The fourth-order valence-corrected chi connectivity index (χ4v) is 0. The van der Waals surface area contributed by atoms with Crippen LogP contribution in [0.2, 0.25) is 0 Å². The average molecular weight is 648 g/mol. The van der Waals surface area contributed by atoms with E-state index in [0.717, 1.165) is 0 Å². The Hall–Kier alpha value is 1.88. The SMILES string of the molecule is O.O=P(O)(O)O.O=P(O)(O)O.O=P(O)(O)O.O=P(O)(O)O.O=P(O)(O)O.O=P(O)(O)O.[Ca+2].[H-].[H-]. The zero-order valence-electron chi connectivity index (χ0n) is 16.4.